The van der Waals surface area contributed by atoms with Gasteiger partial charge in [-0.15, -0.1) is 11.3 Å². The first-order chi connectivity index (χ1) is 6.15. The molecular formula is C9H13ClO2S. The molecule has 0 saturated carbocycles. The highest BCUT2D eigenvalue weighted by molar-refractivity contribution is 7.16. The van der Waals surface area contributed by atoms with Crippen LogP contribution in [0.3, 0.4) is 0 Å². The first-order valence-corrected chi connectivity index (χ1v) is 5.39. The first kappa shape index (κ1) is 11.0. The minimum Gasteiger partial charge on any atom is -0.385 e. The predicted octanol–water partition coefficient (Wildman–Crippen LogP) is 2.86. The molecule has 0 spiro atoms. The van der Waals surface area contributed by atoms with Crippen LogP contribution >= 0.6 is 22.9 Å². The number of thiophene rings is 1. The lowest BCUT2D eigenvalue weighted by molar-refractivity contribution is -0.0211. The molecule has 1 aromatic heterocycles. The van der Waals surface area contributed by atoms with Gasteiger partial charge >= 0.3 is 0 Å². The van der Waals surface area contributed by atoms with Gasteiger partial charge in [0.25, 0.3) is 0 Å². The zero-order valence-corrected chi connectivity index (χ0v) is 9.23. The summed E-state index contributed by atoms with van der Waals surface area (Å²) in [6.45, 7) is 4.36. The van der Waals surface area contributed by atoms with Gasteiger partial charge in [-0.05, 0) is 26.0 Å². The molecule has 74 valence electrons. The van der Waals surface area contributed by atoms with Crippen LogP contribution in [0.2, 0.25) is 4.34 Å². The fraction of sp³-hybridized carbons (Fsp3) is 0.556. The van der Waals surface area contributed by atoms with Crippen molar-refractivity contribution in [3.05, 3.63) is 21.3 Å². The van der Waals surface area contributed by atoms with E-state index in [1.165, 1.54) is 11.3 Å². The molecule has 0 aliphatic heterocycles. The molecule has 1 N–H and O–H groups in total. The molecule has 1 rings (SSSR count). The van der Waals surface area contributed by atoms with Crippen molar-refractivity contribution in [2.75, 3.05) is 6.61 Å². The average Bonchev–Trinajstić information content (AvgIpc) is 2.51. The van der Waals surface area contributed by atoms with E-state index in [2.05, 4.69) is 0 Å². The number of aliphatic hydroxyl groups excluding tert-OH is 1. The number of aliphatic hydroxyl groups is 1. The van der Waals surface area contributed by atoms with Gasteiger partial charge in [-0.2, -0.15) is 0 Å². The Kier molecular flexibility index (Phi) is 4.19. The maximum absolute atomic E-state index is 9.76. The van der Waals surface area contributed by atoms with E-state index < -0.39 is 6.10 Å². The normalized spacial score (nSPS) is 15.7. The van der Waals surface area contributed by atoms with Crippen molar-refractivity contribution in [2.45, 2.75) is 26.1 Å². The molecule has 1 aromatic rings. The number of ether oxygens (including phenoxy) is 1. The van der Waals surface area contributed by atoms with Gasteiger partial charge in [0.05, 0.1) is 10.4 Å². The second-order valence-corrected chi connectivity index (χ2v) is 4.49. The van der Waals surface area contributed by atoms with E-state index in [0.717, 1.165) is 4.88 Å². The van der Waals surface area contributed by atoms with Crippen molar-refractivity contribution in [2.24, 2.45) is 0 Å². The van der Waals surface area contributed by atoms with Crippen LogP contribution in [0, 0.1) is 0 Å². The average molecular weight is 221 g/mol. The Balaban J connectivity index is 2.61. The largest absolute Gasteiger partial charge is 0.385 e. The van der Waals surface area contributed by atoms with Gasteiger partial charge in [0.1, 0.15) is 6.10 Å². The summed E-state index contributed by atoms with van der Waals surface area (Å²) in [4.78, 5) is 0.853. The third-order valence-corrected chi connectivity index (χ3v) is 3.06. The molecule has 0 amide bonds. The molecule has 4 heteroatoms. The Morgan fingerprint density at radius 2 is 2.31 bits per heavy atom. The van der Waals surface area contributed by atoms with E-state index >= 15 is 0 Å². The van der Waals surface area contributed by atoms with Crippen molar-refractivity contribution in [1.29, 1.82) is 0 Å². The molecule has 2 nitrogen and oxygen atoms in total. The number of halogens is 1. The summed E-state index contributed by atoms with van der Waals surface area (Å²) in [6, 6.07) is 3.61. The topological polar surface area (TPSA) is 29.5 Å². The molecular weight excluding hydrogens is 208 g/mol. The molecule has 0 aromatic carbocycles. The molecule has 0 saturated heterocycles. The molecule has 1 heterocycles. The summed E-state index contributed by atoms with van der Waals surface area (Å²) in [5, 5.41) is 9.76. The van der Waals surface area contributed by atoms with E-state index in [4.69, 9.17) is 16.3 Å². The molecule has 0 fully saturated rings. The second kappa shape index (κ2) is 4.96. The van der Waals surface area contributed by atoms with Gasteiger partial charge in [-0.25, -0.2) is 0 Å². The Labute approximate surface area is 87.1 Å². The molecule has 2 unspecified atom stereocenters. The molecule has 0 bridgehead atoms. The SMILES string of the molecule is CCOC(C)C(O)c1ccc(Cl)s1. The first-order valence-electron chi connectivity index (χ1n) is 4.20. The van der Waals surface area contributed by atoms with Crippen molar-refractivity contribution in [3.63, 3.8) is 0 Å². The van der Waals surface area contributed by atoms with Gasteiger partial charge in [0.15, 0.2) is 0 Å². The van der Waals surface area contributed by atoms with E-state index in [-0.39, 0.29) is 6.10 Å². The van der Waals surface area contributed by atoms with E-state index in [0.29, 0.717) is 10.9 Å². The lowest BCUT2D eigenvalue weighted by atomic mass is 10.2. The van der Waals surface area contributed by atoms with Gasteiger partial charge in [0.2, 0.25) is 0 Å². The summed E-state index contributed by atoms with van der Waals surface area (Å²) < 4.78 is 5.97. The quantitative estimate of drug-likeness (QED) is 0.846. The highest BCUT2D eigenvalue weighted by Crippen LogP contribution is 2.29. The van der Waals surface area contributed by atoms with Crippen molar-refractivity contribution in [3.8, 4) is 0 Å². The summed E-state index contributed by atoms with van der Waals surface area (Å²) in [7, 11) is 0. The third kappa shape index (κ3) is 2.95. The van der Waals surface area contributed by atoms with E-state index in [9.17, 15) is 5.11 Å². The smallest absolute Gasteiger partial charge is 0.114 e. The molecule has 2 atom stereocenters. The minimum absolute atomic E-state index is 0.181. The summed E-state index contributed by atoms with van der Waals surface area (Å²) in [6.07, 6.45) is -0.753. The molecule has 0 aliphatic rings. The maximum atomic E-state index is 9.76. The van der Waals surface area contributed by atoms with Gasteiger partial charge in [-0.1, -0.05) is 11.6 Å². The lowest BCUT2D eigenvalue weighted by Crippen LogP contribution is -2.17. The fourth-order valence-corrected chi connectivity index (χ4v) is 2.21. The Morgan fingerprint density at radius 3 is 2.77 bits per heavy atom. The van der Waals surface area contributed by atoms with Crippen LogP contribution in [-0.4, -0.2) is 17.8 Å². The maximum Gasteiger partial charge on any atom is 0.114 e. The Hall–Kier alpha value is -0.0900. The van der Waals surface area contributed by atoms with E-state index in [1.807, 2.05) is 19.9 Å². The van der Waals surface area contributed by atoms with Gasteiger partial charge < -0.3 is 9.84 Å². The van der Waals surface area contributed by atoms with Crippen molar-refractivity contribution < 1.29 is 9.84 Å². The van der Waals surface area contributed by atoms with Crippen LogP contribution in [0.4, 0.5) is 0 Å². The molecule has 13 heavy (non-hydrogen) atoms. The Bertz CT molecular complexity index is 262. The van der Waals surface area contributed by atoms with Crippen molar-refractivity contribution in [1.82, 2.24) is 0 Å². The van der Waals surface area contributed by atoms with Crippen LogP contribution in [0.5, 0.6) is 0 Å². The summed E-state index contributed by atoms with van der Waals surface area (Å²) >= 11 is 7.14. The van der Waals surface area contributed by atoms with Crippen LogP contribution in [0.25, 0.3) is 0 Å². The zero-order valence-electron chi connectivity index (χ0n) is 7.66. The highest BCUT2D eigenvalue weighted by Gasteiger charge is 2.17. The fourth-order valence-electron chi connectivity index (χ4n) is 1.07. The lowest BCUT2D eigenvalue weighted by Gasteiger charge is -2.17. The number of hydrogen-bond acceptors (Lipinski definition) is 3. The number of rotatable bonds is 4. The van der Waals surface area contributed by atoms with Gasteiger partial charge in [-0.3, -0.25) is 0 Å². The molecule has 0 aliphatic carbocycles. The number of hydrogen-bond donors (Lipinski definition) is 1. The van der Waals surface area contributed by atoms with Crippen LogP contribution < -0.4 is 0 Å². The highest BCUT2D eigenvalue weighted by atomic mass is 35.5. The van der Waals surface area contributed by atoms with E-state index in [1.54, 1.807) is 6.07 Å². The van der Waals surface area contributed by atoms with Crippen LogP contribution in [0.1, 0.15) is 24.8 Å². The summed E-state index contributed by atoms with van der Waals surface area (Å²) in [5.74, 6) is 0. The third-order valence-electron chi connectivity index (χ3n) is 1.76. The molecule has 0 radical (unpaired) electrons. The summed E-state index contributed by atoms with van der Waals surface area (Å²) in [5.41, 5.74) is 0. The second-order valence-electron chi connectivity index (χ2n) is 2.75. The van der Waals surface area contributed by atoms with Crippen molar-refractivity contribution >= 4 is 22.9 Å². The standard InChI is InChI=1S/C9H13ClO2S/c1-3-12-6(2)9(11)7-4-5-8(10)13-7/h4-6,9,11H,3H2,1-2H3. The monoisotopic (exact) mass is 220 g/mol. The zero-order chi connectivity index (χ0) is 9.84. The van der Waals surface area contributed by atoms with Gasteiger partial charge in [0, 0.05) is 11.5 Å². The minimum atomic E-state index is -0.572. The van der Waals surface area contributed by atoms with Crippen LogP contribution in [0.15, 0.2) is 12.1 Å². The van der Waals surface area contributed by atoms with Crippen LogP contribution in [-0.2, 0) is 4.74 Å². The predicted molar refractivity (Wildman–Crippen MR) is 55.4 cm³/mol. The Morgan fingerprint density at radius 1 is 1.62 bits per heavy atom.